The van der Waals surface area contributed by atoms with Crippen LogP contribution in [0, 0.1) is 5.82 Å². The molecule has 1 heterocycles. The number of nitrogens with one attached hydrogen (secondary N) is 2. The van der Waals surface area contributed by atoms with Crippen LogP contribution in [0.25, 0.3) is 0 Å². The standard InChI is InChI=1S/C16H24BrFN4/c1-3-22-8-4-5-14(22)11-21-16(19-2)20-10-12-6-7-13(17)9-15(12)18/h6-7,9,14H,3-5,8,10-11H2,1-2H3,(H2,19,20,21). The number of rotatable bonds is 5. The van der Waals surface area contributed by atoms with Gasteiger partial charge in [0.2, 0.25) is 0 Å². The van der Waals surface area contributed by atoms with Gasteiger partial charge in [0.15, 0.2) is 5.96 Å². The van der Waals surface area contributed by atoms with Crippen molar-refractivity contribution >= 4 is 21.9 Å². The van der Waals surface area contributed by atoms with Gasteiger partial charge in [-0.25, -0.2) is 4.39 Å². The number of aliphatic imine (C=N–C) groups is 1. The molecular formula is C16H24BrFN4. The summed E-state index contributed by atoms with van der Waals surface area (Å²) in [6.07, 6.45) is 2.48. The molecule has 1 aromatic carbocycles. The first kappa shape index (κ1) is 17.2. The molecule has 0 bridgehead atoms. The van der Waals surface area contributed by atoms with Crippen molar-refractivity contribution in [2.24, 2.45) is 4.99 Å². The molecule has 1 unspecified atom stereocenters. The number of benzene rings is 1. The Kier molecular flexibility index (Phi) is 6.64. The van der Waals surface area contributed by atoms with Crippen LogP contribution in [0.5, 0.6) is 0 Å². The van der Waals surface area contributed by atoms with Crippen molar-refractivity contribution in [1.82, 2.24) is 15.5 Å². The first-order valence-corrected chi connectivity index (χ1v) is 8.55. The third kappa shape index (κ3) is 4.68. The summed E-state index contributed by atoms with van der Waals surface area (Å²) in [5, 5.41) is 6.51. The van der Waals surface area contributed by atoms with Crippen LogP contribution in [0.2, 0.25) is 0 Å². The van der Waals surface area contributed by atoms with E-state index in [1.807, 2.05) is 6.07 Å². The lowest BCUT2D eigenvalue weighted by atomic mass is 10.2. The summed E-state index contributed by atoms with van der Waals surface area (Å²) in [5.74, 6) is 0.496. The number of hydrogen-bond acceptors (Lipinski definition) is 2. The zero-order valence-electron chi connectivity index (χ0n) is 13.2. The molecule has 0 amide bonds. The number of halogens is 2. The average molecular weight is 371 g/mol. The van der Waals surface area contributed by atoms with E-state index in [1.165, 1.54) is 25.5 Å². The molecule has 1 atom stereocenters. The van der Waals surface area contributed by atoms with E-state index >= 15 is 0 Å². The van der Waals surface area contributed by atoms with Crippen LogP contribution in [-0.2, 0) is 6.54 Å². The smallest absolute Gasteiger partial charge is 0.191 e. The maximum absolute atomic E-state index is 13.8. The van der Waals surface area contributed by atoms with Crippen molar-refractivity contribution in [2.45, 2.75) is 32.4 Å². The minimum atomic E-state index is -0.217. The summed E-state index contributed by atoms with van der Waals surface area (Å²) in [5.41, 5.74) is 0.627. The quantitative estimate of drug-likeness (QED) is 0.618. The highest BCUT2D eigenvalue weighted by atomic mass is 79.9. The van der Waals surface area contributed by atoms with Gasteiger partial charge in [-0.1, -0.05) is 28.9 Å². The van der Waals surface area contributed by atoms with Crippen LogP contribution in [0.4, 0.5) is 4.39 Å². The van der Waals surface area contributed by atoms with Crippen molar-refractivity contribution in [2.75, 3.05) is 26.7 Å². The molecule has 2 N–H and O–H groups in total. The minimum absolute atomic E-state index is 0.217. The summed E-state index contributed by atoms with van der Waals surface area (Å²) in [4.78, 5) is 6.69. The number of likely N-dealkylation sites (tertiary alicyclic amines) is 1. The van der Waals surface area contributed by atoms with Crippen LogP contribution >= 0.6 is 15.9 Å². The lowest BCUT2D eigenvalue weighted by Crippen LogP contribution is -2.44. The summed E-state index contributed by atoms with van der Waals surface area (Å²) >= 11 is 3.26. The summed E-state index contributed by atoms with van der Waals surface area (Å²) in [7, 11) is 1.74. The molecule has 22 heavy (non-hydrogen) atoms. The van der Waals surface area contributed by atoms with Crippen LogP contribution in [0.1, 0.15) is 25.3 Å². The second-order valence-corrected chi connectivity index (χ2v) is 6.38. The molecule has 1 saturated heterocycles. The predicted molar refractivity (Wildman–Crippen MR) is 92.6 cm³/mol. The lowest BCUT2D eigenvalue weighted by molar-refractivity contribution is 0.267. The SMILES string of the molecule is CCN1CCCC1CNC(=NC)NCc1ccc(Br)cc1F. The van der Waals surface area contributed by atoms with E-state index in [4.69, 9.17) is 0 Å². The fraction of sp³-hybridized carbons (Fsp3) is 0.562. The van der Waals surface area contributed by atoms with Gasteiger partial charge in [0.1, 0.15) is 5.82 Å². The van der Waals surface area contributed by atoms with Gasteiger partial charge >= 0.3 is 0 Å². The highest BCUT2D eigenvalue weighted by Gasteiger charge is 2.22. The molecule has 4 nitrogen and oxygen atoms in total. The van der Waals surface area contributed by atoms with E-state index in [-0.39, 0.29) is 5.82 Å². The minimum Gasteiger partial charge on any atom is -0.355 e. The van der Waals surface area contributed by atoms with Crippen molar-refractivity contribution in [3.63, 3.8) is 0 Å². The van der Waals surface area contributed by atoms with Crippen LogP contribution in [-0.4, -0.2) is 43.6 Å². The van der Waals surface area contributed by atoms with E-state index in [0.29, 0.717) is 24.1 Å². The van der Waals surface area contributed by atoms with Crippen molar-refractivity contribution in [3.8, 4) is 0 Å². The number of hydrogen-bond donors (Lipinski definition) is 2. The lowest BCUT2D eigenvalue weighted by Gasteiger charge is -2.24. The van der Waals surface area contributed by atoms with E-state index in [0.717, 1.165) is 17.6 Å². The van der Waals surface area contributed by atoms with Crippen LogP contribution in [0.3, 0.4) is 0 Å². The molecule has 0 aliphatic carbocycles. The Bertz CT molecular complexity index is 521. The monoisotopic (exact) mass is 370 g/mol. The molecule has 2 rings (SSSR count). The Balaban J connectivity index is 1.82. The number of likely N-dealkylation sites (N-methyl/N-ethyl adjacent to an activating group) is 1. The Morgan fingerprint density at radius 3 is 2.95 bits per heavy atom. The van der Waals surface area contributed by atoms with Gasteiger partial charge in [0, 0.05) is 36.2 Å². The zero-order chi connectivity index (χ0) is 15.9. The van der Waals surface area contributed by atoms with E-state index in [9.17, 15) is 4.39 Å². The van der Waals surface area contributed by atoms with Crippen molar-refractivity contribution < 1.29 is 4.39 Å². The van der Waals surface area contributed by atoms with Gasteiger partial charge in [0.05, 0.1) is 0 Å². The maximum Gasteiger partial charge on any atom is 0.191 e. The molecular weight excluding hydrogens is 347 g/mol. The Labute approximate surface area is 140 Å². The summed E-state index contributed by atoms with van der Waals surface area (Å²) < 4.78 is 14.5. The van der Waals surface area contributed by atoms with Gasteiger partial charge in [-0.2, -0.15) is 0 Å². The van der Waals surface area contributed by atoms with E-state index in [2.05, 4.69) is 43.4 Å². The largest absolute Gasteiger partial charge is 0.355 e. The summed E-state index contributed by atoms with van der Waals surface area (Å²) in [6.45, 7) is 5.75. The van der Waals surface area contributed by atoms with Gasteiger partial charge in [-0.15, -0.1) is 0 Å². The zero-order valence-corrected chi connectivity index (χ0v) is 14.8. The molecule has 122 valence electrons. The van der Waals surface area contributed by atoms with Crippen molar-refractivity contribution in [3.05, 3.63) is 34.1 Å². The van der Waals surface area contributed by atoms with Gasteiger partial charge < -0.3 is 10.6 Å². The predicted octanol–water partition coefficient (Wildman–Crippen LogP) is 2.74. The molecule has 0 saturated carbocycles. The first-order chi connectivity index (χ1) is 10.6. The first-order valence-electron chi connectivity index (χ1n) is 7.76. The van der Waals surface area contributed by atoms with Gasteiger partial charge in [-0.05, 0) is 38.1 Å². The molecule has 1 fully saturated rings. The topological polar surface area (TPSA) is 39.7 Å². The Morgan fingerprint density at radius 2 is 2.27 bits per heavy atom. The molecule has 1 aromatic rings. The molecule has 0 aromatic heterocycles. The molecule has 6 heteroatoms. The third-order valence-corrected chi connectivity index (χ3v) is 4.59. The highest BCUT2D eigenvalue weighted by Crippen LogP contribution is 2.16. The third-order valence-electron chi connectivity index (χ3n) is 4.10. The second kappa shape index (κ2) is 8.48. The average Bonchev–Trinajstić information content (AvgIpc) is 2.96. The second-order valence-electron chi connectivity index (χ2n) is 5.47. The fourth-order valence-electron chi connectivity index (χ4n) is 2.82. The van der Waals surface area contributed by atoms with Gasteiger partial charge in [0.25, 0.3) is 0 Å². The normalized spacial score (nSPS) is 19.5. The Morgan fingerprint density at radius 1 is 1.45 bits per heavy atom. The number of guanidine groups is 1. The van der Waals surface area contributed by atoms with E-state index in [1.54, 1.807) is 13.1 Å². The fourth-order valence-corrected chi connectivity index (χ4v) is 3.15. The number of nitrogens with zero attached hydrogens (tertiary/aromatic N) is 2. The van der Waals surface area contributed by atoms with Gasteiger partial charge in [-0.3, -0.25) is 9.89 Å². The highest BCUT2D eigenvalue weighted by molar-refractivity contribution is 9.10. The van der Waals surface area contributed by atoms with Crippen molar-refractivity contribution in [1.29, 1.82) is 0 Å². The molecule has 0 spiro atoms. The van der Waals surface area contributed by atoms with Crippen LogP contribution < -0.4 is 10.6 Å². The molecule has 0 radical (unpaired) electrons. The van der Waals surface area contributed by atoms with E-state index < -0.39 is 0 Å². The summed E-state index contributed by atoms with van der Waals surface area (Å²) in [6, 6.07) is 5.65. The molecule has 1 aliphatic rings. The maximum atomic E-state index is 13.8. The van der Waals surface area contributed by atoms with Crippen LogP contribution in [0.15, 0.2) is 27.7 Å². The Hall–Kier alpha value is -1.14. The molecule has 1 aliphatic heterocycles.